The Morgan fingerprint density at radius 2 is 2.10 bits per heavy atom. The molecule has 2 rings (SSSR count). The van der Waals surface area contributed by atoms with Gasteiger partial charge in [0.25, 0.3) is 11.5 Å². The van der Waals surface area contributed by atoms with Crippen molar-refractivity contribution in [2.45, 2.75) is 26.8 Å². The molecule has 5 nitrogen and oxygen atoms in total. The summed E-state index contributed by atoms with van der Waals surface area (Å²) in [7, 11) is 1.37. The lowest BCUT2D eigenvalue weighted by Gasteiger charge is -2.13. The van der Waals surface area contributed by atoms with E-state index in [9.17, 15) is 9.59 Å². The third kappa shape index (κ3) is 2.58. The van der Waals surface area contributed by atoms with Crippen LogP contribution in [0.15, 0.2) is 29.1 Å². The lowest BCUT2D eigenvalue weighted by Crippen LogP contribution is -2.32. The van der Waals surface area contributed by atoms with Gasteiger partial charge in [-0.25, -0.2) is 5.48 Å². The van der Waals surface area contributed by atoms with Crippen molar-refractivity contribution in [3.05, 3.63) is 45.9 Å². The molecule has 20 heavy (non-hydrogen) atoms. The fourth-order valence-corrected chi connectivity index (χ4v) is 2.24. The first kappa shape index (κ1) is 14.3. The molecule has 2 aromatic rings. The molecule has 0 aliphatic rings. The highest BCUT2D eigenvalue weighted by Crippen LogP contribution is 2.15. The zero-order chi connectivity index (χ0) is 14.7. The molecular formula is C15H18N2O3. The average molecular weight is 274 g/mol. The molecule has 0 saturated heterocycles. The molecule has 0 aliphatic carbocycles. The van der Waals surface area contributed by atoms with Gasteiger partial charge >= 0.3 is 0 Å². The van der Waals surface area contributed by atoms with Crippen LogP contribution in [0.3, 0.4) is 0 Å². The van der Waals surface area contributed by atoms with Gasteiger partial charge in [0.15, 0.2) is 0 Å². The van der Waals surface area contributed by atoms with E-state index in [4.69, 9.17) is 0 Å². The van der Waals surface area contributed by atoms with E-state index in [0.717, 1.165) is 17.4 Å². The lowest BCUT2D eigenvalue weighted by atomic mass is 10.1. The third-order valence-electron chi connectivity index (χ3n) is 3.14. The Morgan fingerprint density at radius 3 is 2.75 bits per heavy atom. The molecule has 1 amide bonds. The number of fused-ring (bicyclic) bond motifs is 1. The van der Waals surface area contributed by atoms with Crippen LogP contribution in [0, 0.1) is 6.92 Å². The quantitative estimate of drug-likeness (QED) is 0.868. The molecule has 0 atom stereocenters. The number of pyridine rings is 1. The van der Waals surface area contributed by atoms with Gasteiger partial charge in [0.05, 0.1) is 7.11 Å². The van der Waals surface area contributed by atoms with E-state index in [1.807, 2.05) is 32.0 Å². The number of benzene rings is 1. The number of hydrogen-bond donors (Lipinski definition) is 1. The highest BCUT2D eigenvalue weighted by molar-refractivity contribution is 5.96. The molecule has 1 heterocycles. The van der Waals surface area contributed by atoms with Gasteiger partial charge in [-0.1, -0.05) is 24.6 Å². The second-order valence-electron chi connectivity index (χ2n) is 4.71. The number of hydroxylamine groups is 1. The summed E-state index contributed by atoms with van der Waals surface area (Å²) in [5.41, 5.74) is 3.46. The lowest BCUT2D eigenvalue weighted by molar-refractivity contribution is 0.0527. The summed E-state index contributed by atoms with van der Waals surface area (Å²) >= 11 is 0. The molecular weight excluding hydrogens is 256 g/mol. The summed E-state index contributed by atoms with van der Waals surface area (Å²) in [6, 6.07) is 7.35. The number of rotatable bonds is 4. The van der Waals surface area contributed by atoms with E-state index in [0.29, 0.717) is 17.6 Å². The van der Waals surface area contributed by atoms with Gasteiger partial charge in [0.1, 0.15) is 5.69 Å². The molecule has 0 fully saturated rings. The Balaban J connectivity index is 2.73. The van der Waals surface area contributed by atoms with Gasteiger partial charge in [-0.05, 0) is 30.9 Å². The number of carbonyl (C=O) groups is 1. The first-order chi connectivity index (χ1) is 9.58. The van der Waals surface area contributed by atoms with Crippen LogP contribution in [0.2, 0.25) is 0 Å². The SMILES string of the molecule is CCCn1c(C(=O)NOC)cc2ccc(C)cc2c1=O. The van der Waals surface area contributed by atoms with Gasteiger partial charge in [-0.3, -0.25) is 14.4 Å². The van der Waals surface area contributed by atoms with Crippen LogP contribution in [0.25, 0.3) is 10.8 Å². The normalized spacial score (nSPS) is 10.8. The summed E-state index contributed by atoms with van der Waals surface area (Å²) in [4.78, 5) is 29.2. The van der Waals surface area contributed by atoms with Crippen LogP contribution in [0.5, 0.6) is 0 Å². The molecule has 106 valence electrons. The molecule has 1 aromatic heterocycles. The van der Waals surface area contributed by atoms with Crippen LogP contribution in [0.1, 0.15) is 29.4 Å². The van der Waals surface area contributed by atoms with Gasteiger partial charge in [0.2, 0.25) is 0 Å². The smallest absolute Gasteiger partial charge is 0.291 e. The second kappa shape index (κ2) is 5.88. The fraction of sp³-hybridized carbons (Fsp3) is 0.333. The number of nitrogens with zero attached hydrogens (tertiary/aromatic N) is 1. The van der Waals surface area contributed by atoms with E-state index in [-0.39, 0.29) is 5.56 Å². The summed E-state index contributed by atoms with van der Waals surface area (Å²) < 4.78 is 1.50. The minimum Gasteiger partial charge on any atom is -0.303 e. The van der Waals surface area contributed by atoms with Gasteiger partial charge in [-0.15, -0.1) is 0 Å². The second-order valence-corrected chi connectivity index (χ2v) is 4.71. The molecule has 0 spiro atoms. The Kier molecular flexibility index (Phi) is 4.20. The van der Waals surface area contributed by atoms with Crippen molar-refractivity contribution in [1.29, 1.82) is 0 Å². The van der Waals surface area contributed by atoms with Crippen LogP contribution in [0.4, 0.5) is 0 Å². The zero-order valence-electron chi connectivity index (χ0n) is 11.9. The maximum atomic E-state index is 12.5. The maximum Gasteiger partial charge on any atom is 0.291 e. The van der Waals surface area contributed by atoms with E-state index in [1.54, 1.807) is 6.07 Å². The number of aromatic nitrogens is 1. The molecule has 0 radical (unpaired) electrons. The molecule has 0 bridgehead atoms. The number of nitrogens with one attached hydrogen (secondary N) is 1. The minimum atomic E-state index is -0.416. The van der Waals surface area contributed by atoms with E-state index >= 15 is 0 Å². The Bertz CT molecular complexity index is 704. The first-order valence-electron chi connectivity index (χ1n) is 6.56. The monoisotopic (exact) mass is 274 g/mol. The summed E-state index contributed by atoms with van der Waals surface area (Å²) in [6.07, 6.45) is 0.768. The largest absolute Gasteiger partial charge is 0.303 e. The Hall–Kier alpha value is -2.14. The maximum absolute atomic E-state index is 12.5. The zero-order valence-corrected chi connectivity index (χ0v) is 11.9. The predicted molar refractivity (Wildman–Crippen MR) is 77.7 cm³/mol. The minimum absolute atomic E-state index is 0.144. The topological polar surface area (TPSA) is 60.3 Å². The molecule has 0 unspecified atom stereocenters. The summed E-state index contributed by atoms with van der Waals surface area (Å²) in [5, 5.41) is 1.39. The van der Waals surface area contributed by atoms with Crippen molar-refractivity contribution >= 4 is 16.7 Å². The first-order valence-corrected chi connectivity index (χ1v) is 6.56. The van der Waals surface area contributed by atoms with Crippen LogP contribution < -0.4 is 11.0 Å². The molecule has 1 N–H and O–H groups in total. The van der Waals surface area contributed by atoms with Crippen molar-refractivity contribution < 1.29 is 9.63 Å². The van der Waals surface area contributed by atoms with Gasteiger partial charge in [-0.2, -0.15) is 0 Å². The van der Waals surface area contributed by atoms with E-state index in [1.165, 1.54) is 11.7 Å². The standard InChI is InChI=1S/C15H18N2O3/c1-4-7-17-13(14(18)16-20-3)9-11-6-5-10(2)8-12(11)15(17)19/h5-6,8-9H,4,7H2,1-3H3,(H,16,18). The number of hydrogen-bond acceptors (Lipinski definition) is 3. The van der Waals surface area contributed by atoms with Crippen molar-refractivity contribution in [2.24, 2.45) is 0 Å². The van der Waals surface area contributed by atoms with Crippen LogP contribution in [-0.2, 0) is 11.4 Å². The number of amides is 1. The molecule has 0 saturated carbocycles. The third-order valence-corrected chi connectivity index (χ3v) is 3.14. The predicted octanol–water partition coefficient (Wildman–Crippen LogP) is 2.01. The highest BCUT2D eigenvalue weighted by Gasteiger charge is 2.15. The van der Waals surface area contributed by atoms with E-state index < -0.39 is 5.91 Å². The van der Waals surface area contributed by atoms with Crippen molar-refractivity contribution in [3.63, 3.8) is 0 Å². The Morgan fingerprint density at radius 1 is 1.35 bits per heavy atom. The highest BCUT2D eigenvalue weighted by atomic mass is 16.6. The summed E-state index contributed by atoms with van der Waals surface area (Å²) in [5.74, 6) is -0.416. The van der Waals surface area contributed by atoms with Gasteiger partial charge < -0.3 is 4.57 Å². The van der Waals surface area contributed by atoms with Crippen LogP contribution >= 0.6 is 0 Å². The number of aryl methyl sites for hydroxylation is 1. The number of carbonyl (C=O) groups excluding carboxylic acids is 1. The molecule has 5 heteroatoms. The van der Waals surface area contributed by atoms with Crippen LogP contribution in [-0.4, -0.2) is 17.6 Å². The Labute approximate surface area is 117 Å². The molecule has 1 aromatic carbocycles. The fourth-order valence-electron chi connectivity index (χ4n) is 2.24. The van der Waals surface area contributed by atoms with Crippen molar-refractivity contribution in [3.8, 4) is 0 Å². The van der Waals surface area contributed by atoms with Crippen molar-refractivity contribution in [2.75, 3.05) is 7.11 Å². The van der Waals surface area contributed by atoms with E-state index in [2.05, 4.69) is 10.3 Å². The average Bonchev–Trinajstić information content (AvgIpc) is 2.42. The van der Waals surface area contributed by atoms with Crippen molar-refractivity contribution in [1.82, 2.24) is 10.0 Å². The van der Waals surface area contributed by atoms with Gasteiger partial charge in [0, 0.05) is 11.9 Å². The molecule has 0 aliphatic heterocycles. The summed E-state index contributed by atoms with van der Waals surface area (Å²) in [6.45, 7) is 4.40.